The molecule has 2 saturated heterocycles. The highest BCUT2D eigenvalue weighted by Gasteiger charge is 2.53. The summed E-state index contributed by atoms with van der Waals surface area (Å²) in [6.07, 6.45) is 1.18. The van der Waals surface area contributed by atoms with Crippen LogP contribution in [0.4, 0.5) is 0 Å². The first-order valence-corrected chi connectivity index (χ1v) is 12.5. The molecule has 0 radical (unpaired) electrons. The Kier molecular flexibility index (Phi) is 8.96. The molecule has 36 heavy (non-hydrogen) atoms. The second-order valence-corrected chi connectivity index (χ2v) is 10.1. The lowest BCUT2D eigenvalue weighted by Crippen LogP contribution is -2.49. The molecule has 2 aromatic rings. The van der Waals surface area contributed by atoms with E-state index in [1.54, 1.807) is 6.08 Å². The third kappa shape index (κ3) is 7.23. The van der Waals surface area contributed by atoms with E-state index in [0.717, 1.165) is 11.1 Å². The standard InChI is InChI=1S/C29H38O7/c1-28(2)33-20-24(34-28)26-27(36-29(3,4)35-26)25(32-19-22-14-9-6-10-15-22)23(16-11-17-30)31-18-21-12-7-5-8-13-21/h5-16,23-27,30H,17-20H2,1-4H3/b16-11+/t23-,24+,25+,26+,27+/m0/s1. The number of rotatable bonds is 11. The van der Waals surface area contributed by atoms with Gasteiger partial charge >= 0.3 is 0 Å². The van der Waals surface area contributed by atoms with Crippen LogP contribution in [-0.2, 0) is 41.6 Å². The molecule has 0 unspecified atom stereocenters. The van der Waals surface area contributed by atoms with E-state index in [1.165, 1.54) is 0 Å². The van der Waals surface area contributed by atoms with Gasteiger partial charge < -0.3 is 33.5 Å². The van der Waals surface area contributed by atoms with Crippen LogP contribution in [0.2, 0.25) is 0 Å². The van der Waals surface area contributed by atoms with E-state index in [4.69, 9.17) is 28.4 Å². The smallest absolute Gasteiger partial charge is 0.164 e. The van der Waals surface area contributed by atoms with Crippen LogP contribution >= 0.6 is 0 Å². The highest BCUT2D eigenvalue weighted by atomic mass is 16.8. The minimum Gasteiger partial charge on any atom is -0.392 e. The van der Waals surface area contributed by atoms with Crippen LogP contribution in [0.5, 0.6) is 0 Å². The van der Waals surface area contributed by atoms with Gasteiger partial charge in [-0.1, -0.05) is 72.8 Å². The second-order valence-electron chi connectivity index (χ2n) is 10.1. The van der Waals surface area contributed by atoms with Crippen LogP contribution in [0.15, 0.2) is 72.8 Å². The average Bonchev–Trinajstić information content (AvgIpc) is 3.39. The van der Waals surface area contributed by atoms with Crippen LogP contribution in [0, 0.1) is 0 Å². The van der Waals surface area contributed by atoms with Crippen molar-refractivity contribution in [3.8, 4) is 0 Å². The molecular formula is C29H38O7. The van der Waals surface area contributed by atoms with Crippen LogP contribution in [0.3, 0.4) is 0 Å². The largest absolute Gasteiger partial charge is 0.392 e. The van der Waals surface area contributed by atoms with Gasteiger partial charge in [-0.3, -0.25) is 0 Å². The first kappa shape index (κ1) is 26.9. The van der Waals surface area contributed by atoms with Crippen LogP contribution < -0.4 is 0 Å². The molecule has 0 aliphatic carbocycles. The zero-order chi connectivity index (χ0) is 25.6. The molecular weight excluding hydrogens is 460 g/mol. The molecule has 0 amide bonds. The Labute approximate surface area is 213 Å². The fourth-order valence-corrected chi connectivity index (χ4v) is 4.60. The number of hydrogen-bond acceptors (Lipinski definition) is 7. The quantitative estimate of drug-likeness (QED) is 0.461. The molecule has 0 spiro atoms. The molecule has 4 rings (SSSR count). The first-order valence-electron chi connectivity index (χ1n) is 12.5. The monoisotopic (exact) mass is 498 g/mol. The summed E-state index contributed by atoms with van der Waals surface area (Å²) in [7, 11) is 0. The van der Waals surface area contributed by atoms with E-state index in [2.05, 4.69) is 0 Å². The minimum atomic E-state index is -0.843. The van der Waals surface area contributed by atoms with Crippen molar-refractivity contribution >= 4 is 0 Å². The van der Waals surface area contributed by atoms with Gasteiger partial charge in [0, 0.05) is 0 Å². The maximum Gasteiger partial charge on any atom is 0.164 e. The molecule has 7 nitrogen and oxygen atoms in total. The van der Waals surface area contributed by atoms with Crippen LogP contribution in [-0.4, -0.2) is 60.4 Å². The lowest BCUT2D eigenvalue weighted by molar-refractivity contribution is -0.178. The van der Waals surface area contributed by atoms with Gasteiger partial charge in [0.2, 0.25) is 0 Å². The van der Waals surface area contributed by atoms with Crippen molar-refractivity contribution < 1.29 is 33.5 Å². The molecule has 0 saturated carbocycles. The van der Waals surface area contributed by atoms with Gasteiger partial charge in [0.05, 0.1) is 26.4 Å². The average molecular weight is 499 g/mol. The highest BCUT2D eigenvalue weighted by molar-refractivity contribution is 5.15. The number of aliphatic hydroxyl groups excluding tert-OH is 1. The third-order valence-electron chi connectivity index (χ3n) is 6.21. The highest BCUT2D eigenvalue weighted by Crippen LogP contribution is 2.38. The van der Waals surface area contributed by atoms with Gasteiger partial charge in [0.25, 0.3) is 0 Å². The second kappa shape index (κ2) is 12.0. The Morgan fingerprint density at radius 1 is 0.861 bits per heavy atom. The van der Waals surface area contributed by atoms with Gasteiger partial charge in [0.15, 0.2) is 11.6 Å². The van der Waals surface area contributed by atoms with E-state index in [-0.39, 0.29) is 12.7 Å². The summed E-state index contributed by atoms with van der Waals surface area (Å²) >= 11 is 0. The zero-order valence-corrected chi connectivity index (χ0v) is 21.5. The molecule has 5 atom stereocenters. The summed E-state index contributed by atoms with van der Waals surface area (Å²) in [5.74, 6) is -1.55. The Hall–Kier alpha value is -2.10. The van der Waals surface area contributed by atoms with Gasteiger partial charge in [0.1, 0.15) is 30.5 Å². The molecule has 0 bridgehead atoms. The van der Waals surface area contributed by atoms with Gasteiger partial charge in [-0.2, -0.15) is 0 Å². The molecule has 2 aliphatic rings. The molecule has 2 fully saturated rings. The number of aliphatic hydroxyl groups is 1. The summed E-state index contributed by atoms with van der Waals surface area (Å²) in [6, 6.07) is 19.9. The molecule has 2 heterocycles. The lowest BCUT2D eigenvalue weighted by atomic mass is 9.98. The number of hydrogen-bond donors (Lipinski definition) is 1. The van der Waals surface area contributed by atoms with Crippen LogP contribution in [0.1, 0.15) is 38.8 Å². The van der Waals surface area contributed by atoms with Gasteiger partial charge in [-0.05, 0) is 38.8 Å². The zero-order valence-electron chi connectivity index (χ0n) is 21.5. The summed E-state index contributed by atoms with van der Waals surface area (Å²) in [5, 5.41) is 9.55. The molecule has 0 aromatic heterocycles. The van der Waals surface area contributed by atoms with E-state index in [0.29, 0.717) is 19.8 Å². The summed E-state index contributed by atoms with van der Waals surface area (Å²) < 4.78 is 37.7. The van der Waals surface area contributed by atoms with E-state index >= 15 is 0 Å². The Balaban J connectivity index is 1.62. The predicted molar refractivity (Wildman–Crippen MR) is 135 cm³/mol. The maximum absolute atomic E-state index is 9.55. The Morgan fingerprint density at radius 2 is 1.47 bits per heavy atom. The van der Waals surface area contributed by atoms with E-state index < -0.39 is 36.0 Å². The van der Waals surface area contributed by atoms with Crippen molar-refractivity contribution in [2.45, 2.75) is 83.0 Å². The van der Waals surface area contributed by atoms with Crippen molar-refractivity contribution in [2.24, 2.45) is 0 Å². The number of ether oxygens (including phenoxy) is 6. The first-order chi connectivity index (χ1) is 17.3. The normalized spacial score (nSPS) is 26.9. The van der Waals surface area contributed by atoms with E-state index in [1.807, 2.05) is 94.4 Å². The summed E-state index contributed by atoms with van der Waals surface area (Å²) in [5.41, 5.74) is 2.07. The van der Waals surface area contributed by atoms with Gasteiger partial charge in [-0.25, -0.2) is 0 Å². The third-order valence-corrected chi connectivity index (χ3v) is 6.21. The Morgan fingerprint density at radius 3 is 2.03 bits per heavy atom. The van der Waals surface area contributed by atoms with Crippen molar-refractivity contribution in [3.63, 3.8) is 0 Å². The molecule has 1 N–H and O–H groups in total. The van der Waals surface area contributed by atoms with Crippen molar-refractivity contribution in [1.29, 1.82) is 0 Å². The van der Waals surface area contributed by atoms with Crippen molar-refractivity contribution in [3.05, 3.63) is 83.9 Å². The Bertz CT molecular complexity index is 960. The fraction of sp³-hybridized carbons (Fsp3) is 0.517. The molecule has 7 heteroatoms. The van der Waals surface area contributed by atoms with Gasteiger partial charge in [-0.15, -0.1) is 0 Å². The fourth-order valence-electron chi connectivity index (χ4n) is 4.60. The molecule has 196 valence electrons. The minimum absolute atomic E-state index is 0.110. The summed E-state index contributed by atoms with van der Waals surface area (Å²) in [6.45, 7) is 8.58. The summed E-state index contributed by atoms with van der Waals surface area (Å²) in [4.78, 5) is 0. The maximum atomic E-state index is 9.55. The van der Waals surface area contributed by atoms with Crippen molar-refractivity contribution in [1.82, 2.24) is 0 Å². The van der Waals surface area contributed by atoms with Crippen molar-refractivity contribution in [2.75, 3.05) is 13.2 Å². The number of benzene rings is 2. The molecule has 2 aromatic carbocycles. The van der Waals surface area contributed by atoms with E-state index in [9.17, 15) is 5.11 Å². The topological polar surface area (TPSA) is 75.6 Å². The van der Waals surface area contributed by atoms with Crippen LogP contribution in [0.25, 0.3) is 0 Å². The lowest BCUT2D eigenvalue weighted by Gasteiger charge is -2.33. The predicted octanol–water partition coefficient (Wildman–Crippen LogP) is 4.38. The SMILES string of the molecule is CC1(C)O[C@H]([C@H](OCc2ccccc2)[C@H](/C=C/CO)OCc2ccccc2)[C@@H]([C@H]2COC(C)(C)O2)O1. The molecule has 2 aliphatic heterocycles.